The number of amides is 2. The van der Waals surface area contributed by atoms with Crippen LogP contribution in [0.2, 0.25) is 5.02 Å². The van der Waals surface area contributed by atoms with Crippen LogP contribution in [0.3, 0.4) is 0 Å². The number of hydrogen-bond acceptors (Lipinski definition) is 3. The molecule has 0 spiro atoms. The molecule has 0 bridgehead atoms. The molecule has 0 saturated carbocycles. The molecule has 39 heavy (non-hydrogen) atoms. The van der Waals surface area contributed by atoms with E-state index in [-0.39, 0.29) is 23.9 Å². The Bertz CT molecular complexity index is 1400. The average molecular weight is 545 g/mol. The number of benzene rings is 3. The second-order valence-electron chi connectivity index (χ2n) is 10.5. The van der Waals surface area contributed by atoms with Crippen LogP contribution in [-0.4, -0.2) is 28.9 Å². The van der Waals surface area contributed by atoms with Crippen LogP contribution >= 0.6 is 11.6 Å². The van der Waals surface area contributed by atoms with Gasteiger partial charge in [-0.25, -0.2) is 0 Å². The maximum absolute atomic E-state index is 13.8. The van der Waals surface area contributed by atoms with Crippen molar-refractivity contribution in [1.29, 1.82) is 0 Å². The first-order chi connectivity index (χ1) is 18.5. The second-order valence-corrected chi connectivity index (χ2v) is 11.0. The number of carbonyl (C=O) groups is 3. The van der Waals surface area contributed by atoms with Crippen LogP contribution in [-0.2, 0) is 16.0 Å². The molecule has 0 aromatic heterocycles. The molecule has 3 aromatic carbocycles. The summed E-state index contributed by atoms with van der Waals surface area (Å²) in [6.45, 7) is 6.87. The molecule has 202 valence electrons. The summed E-state index contributed by atoms with van der Waals surface area (Å²) >= 11 is 6.09. The van der Waals surface area contributed by atoms with Gasteiger partial charge in [0.25, 0.3) is 5.91 Å². The molecule has 0 saturated heterocycles. The Labute approximate surface area is 234 Å². The first-order valence-corrected chi connectivity index (χ1v) is 13.4. The molecule has 0 fully saturated rings. The van der Waals surface area contributed by atoms with E-state index in [4.69, 9.17) is 11.6 Å². The third-order valence-corrected chi connectivity index (χ3v) is 7.43. The van der Waals surface area contributed by atoms with Gasteiger partial charge in [-0.3, -0.25) is 14.4 Å². The molecule has 7 heteroatoms. The van der Waals surface area contributed by atoms with Crippen molar-refractivity contribution >= 4 is 40.8 Å². The smallest absolute Gasteiger partial charge is 0.312 e. The van der Waals surface area contributed by atoms with Crippen LogP contribution in [0, 0.1) is 5.41 Å². The first-order valence-electron chi connectivity index (χ1n) is 13.0. The molecule has 0 aliphatic carbocycles. The Morgan fingerprint density at radius 3 is 2.28 bits per heavy atom. The number of rotatable bonds is 7. The quantitative estimate of drug-likeness (QED) is 0.322. The fourth-order valence-corrected chi connectivity index (χ4v) is 5.13. The summed E-state index contributed by atoms with van der Waals surface area (Å²) in [4.78, 5) is 41.5. The van der Waals surface area contributed by atoms with E-state index in [9.17, 15) is 19.5 Å². The Hall–Kier alpha value is -3.90. The molecule has 6 nitrogen and oxygen atoms in total. The zero-order valence-corrected chi connectivity index (χ0v) is 23.4. The number of halogens is 1. The van der Waals surface area contributed by atoms with Gasteiger partial charge in [0.15, 0.2) is 0 Å². The topological polar surface area (TPSA) is 77.9 Å². The lowest BCUT2D eigenvalue weighted by atomic mass is 9.89. The fraction of sp³-hybridized carbons (Fsp3) is 0.281. The molecule has 1 aliphatic heterocycles. The van der Waals surface area contributed by atoms with Crippen LogP contribution in [0.5, 0.6) is 0 Å². The predicted octanol–water partition coefficient (Wildman–Crippen LogP) is 7.08. The van der Waals surface area contributed by atoms with Gasteiger partial charge in [0, 0.05) is 34.9 Å². The van der Waals surface area contributed by atoms with Crippen LogP contribution in [0.1, 0.15) is 61.6 Å². The van der Waals surface area contributed by atoms with Gasteiger partial charge in [-0.05, 0) is 87.2 Å². The molecule has 1 aliphatic rings. The van der Waals surface area contributed by atoms with Crippen LogP contribution in [0.4, 0.5) is 11.4 Å². The van der Waals surface area contributed by atoms with Crippen LogP contribution in [0.15, 0.2) is 84.9 Å². The van der Waals surface area contributed by atoms with E-state index in [1.807, 2.05) is 78.6 Å². The summed E-state index contributed by atoms with van der Waals surface area (Å²) < 4.78 is 0. The van der Waals surface area contributed by atoms with E-state index in [2.05, 4.69) is 0 Å². The molecule has 1 N–H and O–H groups in total. The highest BCUT2D eigenvalue weighted by Gasteiger charge is 2.38. The normalized spacial score (nSPS) is 17.1. The second kappa shape index (κ2) is 11.5. The number of para-hydroxylation sites is 1. The van der Waals surface area contributed by atoms with E-state index in [0.717, 1.165) is 22.5 Å². The van der Waals surface area contributed by atoms with E-state index >= 15 is 0 Å². The number of fused-ring (bicyclic) bond motifs is 1. The van der Waals surface area contributed by atoms with Crippen molar-refractivity contribution in [2.75, 3.05) is 9.80 Å². The van der Waals surface area contributed by atoms with E-state index in [0.29, 0.717) is 23.4 Å². The zero-order chi connectivity index (χ0) is 28.3. The average Bonchev–Trinajstić information content (AvgIpc) is 2.89. The Morgan fingerprint density at radius 1 is 1.03 bits per heavy atom. The summed E-state index contributed by atoms with van der Waals surface area (Å²) in [5.74, 6) is -1.07. The van der Waals surface area contributed by atoms with Gasteiger partial charge in [0.2, 0.25) is 5.91 Å². The van der Waals surface area contributed by atoms with Gasteiger partial charge in [-0.15, -0.1) is 0 Å². The molecule has 4 rings (SSSR count). The number of carboxylic acid groups (broad SMARTS) is 1. The number of carboxylic acids is 1. The number of allylic oxidation sites excluding steroid dienone is 1. The van der Waals surface area contributed by atoms with Crippen molar-refractivity contribution in [2.45, 2.75) is 52.6 Å². The van der Waals surface area contributed by atoms with Gasteiger partial charge < -0.3 is 14.9 Å². The van der Waals surface area contributed by atoms with Crippen molar-refractivity contribution in [1.82, 2.24) is 0 Å². The molecule has 3 aromatic rings. The lowest BCUT2D eigenvalue weighted by molar-refractivity contribution is -0.144. The van der Waals surface area contributed by atoms with Gasteiger partial charge in [-0.1, -0.05) is 54.1 Å². The molecule has 2 amide bonds. The Morgan fingerprint density at radius 2 is 1.67 bits per heavy atom. The van der Waals surface area contributed by atoms with Crippen LogP contribution < -0.4 is 9.80 Å². The van der Waals surface area contributed by atoms with E-state index in [1.165, 1.54) is 0 Å². The molecule has 2 atom stereocenters. The van der Waals surface area contributed by atoms with Gasteiger partial charge in [-0.2, -0.15) is 0 Å². The van der Waals surface area contributed by atoms with Crippen molar-refractivity contribution in [2.24, 2.45) is 5.41 Å². The molecule has 0 unspecified atom stereocenters. The first kappa shape index (κ1) is 28.1. The van der Waals surface area contributed by atoms with Crippen LogP contribution in [0.25, 0.3) is 0 Å². The van der Waals surface area contributed by atoms with Gasteiger partial charge in [0.05, 0.1) is 11.5 Å². The van der Waals surface area contributed by atoms with Crippen molar-refractivity contribution in [3.05, 3.63) is 107 Å². The van der Waals surface area contributed by atoms with Crippen molar-refractivity contribution in [3.63, 3.8) is 0 Å². The minimum Gasteiger partial charge on any atom is -0.481 e. The summed E-state index contributed by atoms with van der Waals surface area (Å²) in [6.07, 6.45) is 4.68. The largest absolute Gasteiger partial charge is 0.481 e. The summed E-state index contributed by atoms with van der Waals surface area (Å²) in [5, 5.41) is 9.87. The Balaban J connectivity index is 1.60. The minimum absolute atomic E-state index is 0.0829. The number of aliphatic carboxylic acids is 1. The third-order valence-electron chi connectivity index (χ3n) is 7.18. The Kier molecular flexibility index (Phi) is 8.26. The summed E-state index contributed by atoms with van der Waals surface area (Å²) in [7, 11) is 0. The van der Waals surface area contributed by atoms with E-state index < -0.39 is 11.4 Å². The number of nitrogens with zero attached hydrogens (tertiary/aromatic N) is 2. The van der Waals surface area contributed by atoms with Crippen molar-refractivity contribution in [3.8, 4) is 0 Å². The number of carbonyl (C=O) groups excluding carboxylic acids is 2. The maximum Gasteiger partial charge on any atom is 0.312 e. The lowest BCUT2D eigenvalue weighted by Gasteiger charge is -2.43. The van der Waals surface area contributed by atoms with Gasteiger partial charge in [0.1, 0.15) is 0 Å². The highest BCUT2D eigenvalue weighted by Crippen LogP contribution is 2.42. The zero-order valence-electron chi connectivity index (χ0n) is 22.6. The highest BCUT2D eigenvalue weighted by atomic mass is 35.5. The predicted molar refractivity (Wildman–Crippen MR) is 155 cm³/mol. The lowest BCUT2D eigenvalue weighted by Crippen LogP contribution is -2.47. The number of anilines is 2. The summed E-state index contributed by atoms with van der Waals surface area (Å²) in [5.41, 5.74) is 3.07. The van der Waals surface area contributed by atoms with E-state index in [1.54, 1.807) is 43.9 Å². The fourth-order valence-electron chi connectivity index (χ4n) is 5.00. The maximum atomic E-state index is 13.8. The minimum atomic E-state index is -0.933. The molecular formula is C32H33ClN2O4. The monoisotopic (exact) mass is 544 g/mol. The molecule has 0 radical (unpaired) electrons. The highest BCUT2D eigenvalue weighted by molar-refractivity contribution is 6.30. The van der Waals surface area contributed by atoms with Crippen molar-refractivity contribution < 1.29 is 19.5 Å². The SMILES string of the molecule is CC(=O)N(c1ccc(Cl)cc1)[C@@H]1C[C@H](C)N(C(=O)c2ccc(C/C=C/C(C)(C)C(=O)O)cc2)c2ccccc21. The number of hydrogen-bond donors (Lipinski definition) is 1. The van der Waals surface area contributed by atoms with Gasteiger partial charge >= 0.3 is 5.97 Å². The summed E-state index contributed by atoms with van der Waals surface area (Å²) in [6, 6.07) is 22.0. The molecular weight excluding hydrogens is 512 g/mol. The third kappa shape index (κ3) is 6.07. The standard InChI is InChI=1S/C32H33ClN2O4/c1-21-20-29(35(22(2)36)26-17-15-25(33)16-18-26)27-9-5-6-10-28(27)34(21)30(37)24-13-11-23(12-14-24)8-7-19-32(3,4)31(38)39/h5-7,9-19,21,29H,8,20H2,1-4H3,(H,38,39)/b19-7+/t21-,29+/m0/s1. The molecule has 1 heterocycles.